The SMILES string of the molecule is Cc1nnc(Cl)n1CC(C)C(C)C. The van der Waals surface area contributed by atoms with Gasteiger partial charge in [-0.25, -0.2) is 0 Å². The van der Waals surface area contributed by atoms with Crippen LogP contribution in [0.25, 0.3) is 0 Å². The van der Waals surface area contributed by atoms with E-state index in [9.17, 15) is 0 Å². The van der Waals surface area contributed by atoms with Crippen LogP contribution < -0.4 is 0 Å². The first-order valence-corrected chi connectivity index (χ1v) is 4.95. The Labute approximate surface area is 84.1 Å². The van der Waals surface area contributed by atoms with E-state index >= 15 is 0 Å². The van der Waals surface area contributed by atoms with Gasteiger partial charge >= 0.3 is 0 Å². The molecule has 0 amide bonds. The monoisotopic (exact) mass is 201 g/mol. The fourth-order valence-electron chi connectivity index (χ4n) is 1.06. The highest BCUT2D eigenvalue weighted by atomic mass is 35.5. The Morgan fingerprint density at radius 1 is 1.31 bits per heavy atom. The van der Waals surface area contributed by atoms with E-state index in [1.54, 1.807) is 0 Å². The van der Waals surface area contributed by atoms with E-state index in [1.807, 2.05) is 11.5 Å². The summed E-state index contributed by atoms with van der Waals surface area (Å²) in [6.07, 6.45) is 0. The van der Waals surface area contributed by atoms with Crippen LogP contribution in [0, 0.1) is 18.8 Å². The molecule has 0 saturated heterocycles. The third kappa shape index (κ3) is 2.44. The van der Waals surface area contributed by atoms with E-state index in [0.717, 1.165) is 12.4 Å². The van der Waals surface area contributed by atoms with E-state index in [1.165, 1.54) is 0 Å². The molecule has 1 aromatic heterocycles. The number of aryl methyl sites for hydroxylation is 1. The van der Waals surface area contributed by atoms with Crippen LogP contribution >= 0.6 is 11.6 Å². The molecule has 1 heterocycles. The average Bonchev–Trinajstić information content (AvgIpc) is 2.35. The molecule has 1 unspecified atom stereocenters. The minimum atomic E-state index is 0.491. The van der Waals surface area contributed by atoms with Crippen LogP contribution in [0.4, 0.5) is 0 Å². The molecule has 1 rings (SSSR count). The molecule has 74 valence electrons. The fourth-order valence-corrected chi connectivity index (χ4v) is 1.29. The lowest BCUT2D eigenvalue weighted by Crippen LogP contribution is -2.14. The largest absolute Gasteiger partial charge is 0.302 e. The lowest BCUT2D eigenvalue weighted by Gasteiger charge is -2.16. The van der Waals surface area contributed by atoms with Gasteiger partial charge in [-0.3, -0.25) is 0 Å². The van der Waals surface area contributed by atoms with Gasteiger partial charge in [0.25, 0.3) is 0 Å². The highest BCUT2D eigenvalue weighted by Crippen LogP contribution is 2.16. The van der Waals surface area contributed by atoms with E-state index in [4.69, 9.17) is 11.6 Å². The third-order valence-electron chi connectivity index (χ3n) is 2.50. The normalized spacial score (nSPS) is 13.7. The van der Waals surface area contributed by atoms with Crippen molar-refractivity contribution in [2.75, 3.05) is 0 Å². The van der Waals surface area contributed by atoms with Crippen molar-refractivity contribution in [2.45, 2.75) is 34.2 Å². The Morgan fingerprint density at radius 2 is 1.92 bits per heavy atom. The van der Waals surface area contributed by atoms with E-state index in [0.29, 0.717) is 17.1 Å². The van der Waals surface area contributed by atoms with Crippen LogP contribution in [0.15, 0.2) is 0 Å². The molecule has 0 N–H and O–H groups in total. The van der Waals surface area contributed by atoms with Crippen molar-refractivity contribution in [1.29, 1.82) is 0 Å². The summed E-state index contributed by atoms with van der Waals surface area (Å²) in [5.41, 5.74) is 0. The van der Waals surface area contributed by atoms with Crippen molar-refractivity contribution in [2.24, 2.45) is 11.8 Å². The Morgan fingerprint density at radius 3 is 2.31 bits per heavy atom. The lowest BCUT2D eigenvalue weighted by atomic mass is 9.98. The minimum absolute atomic E-state index is 0.491. The van der Waals surface area contributed by atoms with Gasteiger partial charge in [-0.2, -0.15) is 0 Å². The van der Waals surface area contributed by atoms with Crippen molar-refractivity contribution in [1.82, 2.24) is 14.8 Å². The van der Waals surface area contributed by atoms with Gasteiger partial charge < -0.3 is 4.57 Å². The van der Waals surface area contributed by atoms with Crippen LogP contribution in [0.3, 0.4) is 0 Å². The average molecular weight is 202 g/mol. The number of aromatic nitrogens is 3. The molecule has 0 aliphatic rings. The second kappa shape index (κ2) is 4.09. The maximum absolute atomic E-state index is 5.88. The standard InChI is InChI=1S/C9H16ClN3/c1-6(2)7(3)5-13-8(4)11-12-9(13)10/h6-7H,5H2,1-4H3. The molecule has 0 aliphatic heterocycles. The highest BCUT2D eigenvalue weighted by molar-refractivity contribution is 6.28. The van der Waals surface area contributed by atoms with E-state index < -0.39 is 0 Å². The van der Waals surface area contributed by atoms with Crippen LogP contribution in [0.1, 0.15) is 26.6 Å². The van der Waals surface area contributed by atoms with Gasteiger partial charge in [-0.15, -0.1) is 10.2 Å². The van der Waals surface area contributed by atoms with Crippen LogP contribution in [-0.2, 0) is 6.54 Å². The van der Waals surface area contributed by atoms with Crippen LogP contribution in [0.5, 0.6) is 0 Å². The molecule has 13 heavy (non-hydrogen) atoms. The van der Waals surface area contributed by atoms with E-state index in [-0.39, 0.29) is 0 Å². The molecule has 3 nitrogen and oxygen atoms in total. The molecule has 0 spiro atoms. The molecule has 0 aromatic carbocycles. The predicted octanol–water partition coefficient (Wildman–Crippen LogP) is 2.53. The van der Waals surface area contributed by atoms with Gasteiger partial charge in [0.15, 0.2) is 0 Å². The first-order valence-electron chi connectivity index (χ1n) is 4.57. The van der Waals surface area contributed by atoms with Crippen LogP contribution in [0.2, 0.25) is 5.28 Å². The number of halogens is 1. The fraction of sp³-hybridized carbons (Fsp3) is 0.778. The number of hydrogen-bond donors (Lipinski definition) is 0. The maximum atomic E-state index is 5.88. The second-order valence-corrected chi connectivity index (χ2v) is 4.19. The van der Waals surface area contributed by atoms with Gasteiger partial charge in [0, 0.05) is 6.54 Å². The molecule has 0 radical (unpaired) electrons. The quantitative estimate of drug-likeness (QED) is 0.753. The van der Waals surface area contributed by atoms with Crippen LogP contribution in [-0.4, -0.2) is 14.8 Å². The zero-order valence-electron chi connectivity index (χ0n) is 8.58. The van der Waals surface area contributed by atoms with Crippen molar-refractivity contribution in [3.63, 3.8) is 0 Å². The van der Waals surface area contributed by atoms with Gasteiger partial charge in [0.2, 0.25) is 5.28 Å². The summed E-state index contributed by atoms with van der Waals surface area (Å²) >= 11 is 5.88. The zero-order chi connectivity index (χ0) is 10.0. The van der Waals surface area contributed by atoms with Crippen molar-refractivity contribution in [3.05, 3.63) is 11.1 Å². The molecular formula is C9H16ClN3. The Balaban J connectivity index is 2.73. The highest BCUT2D eigenvalue weighted by Gasteiger charge is 2.12. The summed E-state index contributed by atoms with van der Waals surface area (Å²) in [7, 11) is 0. The molecule has 0 aliphatic carbocycles. The summed E-state index contributed by atoms with van der Waals surface area (Å²) in [4.78, 5) is 0. The number of nitrogens with zero attached hydrogens (tertiary/aromatic N) is 3. The molecule has 0 bridgehead atoms. The predicted molar refractivity (Wildman–Crippen MR) is 53.8 cm³/mol. The third-order valence-corrected chi connectivity index (χ3v) is 2.78. The molecule has 1 aromatic rings. The molecule has 1 atom stereocenters. The summed E-state index contributed by atoms with van der Waals surface area (Å²) in [6, 6.07) is 0. The molecular weight excluding hydrogens is 186 g/mol. The van der Waals surface area contributed by atoms with Gasteiger partial charge in [-0.1, -0.05) is 20.8 Å². The van der Waals surface area contributed by atoms with Gasteiger partial charge in [0.05, 0.1) is 0 Å². The molecule has 0 fully saturated rings. The number of rotatable bonds is 3. The van der Waals surface area contributed by atoms with Gasteiger partial charge in [-0.05, 0) is 30.4 Å². The number of hydrogen-bond acceptors (Lipinski definition) is 2. The maximum Gasteiger partial charge on any atom is 0.225 e. The van der Waals surface area contributed by atoms with Gasteiger partial charge in [0.1, 0.15) is 5.82 Å². The lowest BCUT2D eigenvalue weighted by molar-refractivity contribution is 0.361. The Bertz CT molecular complexity index is 261. The van der Waals surface area contributed by atoms with E-state index in [2.05, 4.69) is 31.0 Å². The minimum Gasteiger partial charge on any atom is -0.302 e. The molecule has 4 heteroatoms. The Kier molecular flexibility index (Phi) is 3.31. The Hall–Kier alpha value is -0.570. The van der Waals surface area contributed by atoms with Crippen molar-refractivity contribution in [3.8, 4) is 0 Å². The first-order chi connectivity index (χ1) is 6.02. The smallest absolute Gasteiger partial charge is 0.225 e. The zero-order valence-corrected chi connectivity index (χ0v) is 9.34. The summed E-state index contributed by atoms with van der Waals surface area (Å²) in [5, 5.41) is 8.21. The second-order valence-electron chi connectivity index (χ2n) is 3.85. The topological polar surface area (TPSA) is 30.7 Å². The summed E-state index contributed by atoms with van der Waals surface area (Å²) in [6.45, 7) is 9.44. The van der Waals surface area contributed by atoms with Crippen molar-refractivity contribution < 1.29 is 0 Å². The summed E-state index contributed by atoms with van der Waals surface area (Å²) in [5.74, 6) is 2.13. The van der Waals surface area contributed by atoms with Crippen molar-refractivity contribution >= 4 is 11.6 Å². The molecule has 0 saturated carbocycles. The summed E-state index contributed by atoms with van der Waals surface area (Å²) < 4.78 is 1.95. The first kappa shape index (κ1) is 10.5.